The van der Waals surface area contributed by atoms with E-state index in [1.165, 1.54) is 0 Å². The average molecular weight is 562 g/mol. The van der Waals surface area contributed by atoms with Crippen molar-refractivity contribution >= 4 is 41.9 Å². The van der Waals surface area contributed by atoms with E-state index in [1.54, 1.807) is 13.1 Å². The first-order chi connectivity index (χ1) is 14.6. The van der Waals surface area contributed by atoms with Gasteiger partial charge in [0, 0.05) is 32.2 Å². The molecule has 0 radical (unpaired) electrons. The molecule has 4 N–H and O–H groups in total. The summed E-state index contributed by atoms with van der Waals surface area (Å²) in [5.74, 6) is 0.524. The molecule has 0 bridgehead atoms. The van der Waals surface area contributed by atoms with E-state index in [-0.39, 0.29) is 29.9 Å². The van der Waals surface area contributed by atoms with Crippen molar-refractivity contribution < 1.29 is 14.3 Å². The summed E-state index contributed by atoms with van der Waals surface area (Å²) in [6, 6.07) is 7.47. The number of halogens is 1. The number of aliphatic imine (C=N–C) groups is 1. The van der Waals surface area contributed by atoms with Crippen LogP contribution in [-0.4, -0.2) is 49.2 Å². The van der Waals surface area contributed by atoms with Crippen LogP contribution in [0.2, 0.25) is 0 Å². The molecular formula is C23H40IN5O3. The fourth-order valence-electron chi connectivity index (χ4n) is 2.99. The lowest BCUT2D eigenvalue weighted by molar-refractivity contribution is 0.0448. The van der Waals surface area contributed by atoms with Gasteiger partial charge in [-0.3, -0.25) is 9.79 Å². The van der Waals surface area contributed by atoms with Crippen LogP contribution in [0.4, 0.5) is 4.79 Å². The highest BCUT2D eigenvalue weighted by Gasteiger charge is 2.30. The summed E-state index contributed by atoms with van der Waals surface area (Å²) in [7, 11) is 1.70. The van der Waals surface area contributed by atoms with Gasteiger partial charge in [0.1, 0.15) is 5.60 Å². The van der Waals surface area contributed by atoms with E-state index in [1.807, 2.05) is 59.7 Å². The van der Waals surface area contributed by atoms with Crippen LogP contribution < -0.4 is 21.3 Å². The number of hydrogen-bond donors (Lipinski definition) is 4. The first-order valence-corrected chi connectivity index (χ1v) is 10.9. The zero-order valence-corrected chi connectivity index (χ0v) is 22.8. The molecule has 1 aromatic carbocycles. The number of carbonyl (C=O) groups is 2. The molecule has 0 aliphatic heterocycles. The van der Waals surface area contributed by atoms with E-state index in [2.05, 4.69) is 26.3 Å². The van der Waals surface area contributed by atoms with Gasteiger partial charge in [0.25, 0.3) is 5.91 Å². The number of hydrogen-bond acceptors (Lipinski definition) is 4. The summed E-state index contributed by atoms with van der Waals surface area (Å²) >= 11 is 0. The maximum atomic E-state index is 12.3. The van der Waals surface area contributed by atoms with Crippen LogP contribution in [0.15, 0.2) is 29.3 Å². The number of rotatable bonds is 9. The molecule has 0 saturated heterocycles. The number of guanidine groups is 1. The predicted molar refractivity (Wildman–Crippen MR) is 141 cm³/mol. The summed E-state index contributed by atoms with van der Waals surface area (Å²) < 4.78 is 5.43. The van der Waals surface area contributed by atoms with E-state index in [9.17, 15) is 9.59 Å². The van der Waals surface area contributed by atoms with Gasteiger partial charge in [-0.25, -0.2) is 4.79 Å². The number of nitrogens with one attached hydrogen (secondary N) is 4. The standard InChI is InChI=1S/C23H39N5O3.HI/c1-8-23(9-2,28-21(30)31-22(4,5)6)16-27-20(24-7)26-15-17-12-11-13-18(14-17)19(29)25-10-3;/h11-14H,8-10,15-16H2,1-7H3,(H,25,29)(H,28,30)(H2,24,26,27);1H. The van der Waals surface area contributed by atoms with E-state index in [4.69, 9.17) is 4.74 Å². The highest BCUT2D eigenvalue weighted by atomic mass is 127. The Morgan fingerprint density at radius 3 is 2.22 bits per heavy atom. The normalized spacial score (nSPS) is 11.8. The smallest absolute Gasteiger partial charge is 0.408 e. The van der Waals surface area contributed by atoms with Gasteiger partial charge in [0.05, 0.1) is 5.54 Å². The third kappa shape index (κ3) is 10.5. The van der Waals surface area contributed by atoms with Crippen LogP contribution in [0.5, 0.6) is 0 Å². The summed E-state index contributed by atoms with van der Waals surface area (Å²) in [5, 5.41) is 12.4. The Balaban J connectivity index is 0.00000961. The first kappa shape index (κ1) is 30.0. The zero-order valence-electron chi connectivity index (χ0n) is 20.4. The number of amides is 2. The number of ether oxygens (including phenoxy) is 1. The summed E-state index contributed by atoms with van der Waals surface area (Å²) in [6.07, 6.45) is 1.05. The number of nitrogens with zero attached hydrogens (tertiary/aromatic N) is 1. The minimum Gasteiger partial charge on any atom is -0.444 e. The summed E-state index contributed by atoms with van der Waals surface area (Å²) in [5.41, 5.74) is 0.584. The molecule has 1 rings (SSSR count). The van der Waals surface area contributed by atoms with Crippen molar-refractivity contribution in [1.82, 2.24) is 21.3 Å². The van der Waals surface area contributed by atoms with Crippen LogP contribution in [0.25, 0.3) is 0 Å². The van der Waals surface area contributed by atoms with E-state index in [0.717, 1.165) is 18.4 Å². The largest absolute Gasteiger partial charge is 0.444 e. The minimum atomic E-state index is -0.551. The monoisotopic (exact) mass is 561 g/mol. The maximum Gasteiger partial charge on any atom is 0.408 e. The second kappa shape index (κ2) is 14.2. The average Bonchev–Trinajstić information content (AvgIpc) is 2.72. The Morgan fingerprint density at radius 1 is 1.03 bits per heavy atom. The van der Waals surface area contributed by atoms with Gasteiger partial charge >= 0.3 is 6.09 Å². The number of alkyl carbamates (subject to hydrolysis) is 1. The second-order valence-electron chi connectivity index (χ2n) is 8.45. The Bertz CT molecular complexity index is 758. The van der Waals surface area contributed by atoms with Crippen molar-refractivity contribution in [3.05, 3.63) is 35.4 Å². The van der Waals surface area contributed by atoms with Crippen LogP contribution in [-0.2, 0) is 11.3 Å². The molecule has 0 aromatic heterocycles. The van der Waals surface area contributed by atoms with Gasteiger partial charge in [-0.15, -0.1) is 24.0 Å². The quantitative estimate of drug-likeness (QED) is 0.209. The van der Waals surface area contributed by atoms with Crippen molar-refractivity contribution in [3.8, 4) is 0 Å². The van der Waals surface area contributed by atoms with E-state index >= 15 is 0 Å². The molecule has 0 heterocycles. The third-order valence-corrected chi connectivity index (χ3v) is 4.92. The van der Waals surface area contributed by atoms with Gasteiger partial charge in [-0.05, 0) is 58.2 Å². The lowest BCUT2D eigenvalue weighted by Crippen LogP contribution is -2.57. The Hall–Kier alpha value is -2.04. The third-order valence-electron chi connectivity index (χ3n) is 4.92. The van der Waals surface area contributed by atoms with Crippen molar-refractivity contribution in [1.29, 1.82) is 0 Å². The highest BCUT2D eigenvalue weighted by Crippen LogP contribution is 2.16. The Kier molecular flexibility index (Phi) is 13.3. The molecule has 32 heavy (non-hydrogen) atoms. The Labute approximate surface area is 209 Å². The van der Waals surface area contributed by atoms with Crippen molar-refractivity contribution in [3.63, 3.8) is 0 Å². The van der Waals surface area contributed by atoms with Gasteiger partial charge in [0.15, 0.2) is 5.96 Å². The number of benzene rings is 1. The van der Waals surface area contributed by atoms with E-state index in [0.29, 0.717) is 31.2 Å². The minimum absolute atomic E-state index is 0. The molecule has 1 aromatic rings. The Morgan fingerprint density at radius 2 is 1.69 bits per heavy atom. The zero-order chi connectivity index (χ0) is 23.5. The summed E-state index contributed by atoms with van der Waals surface area (Å²) in [6.45, 7) is 13.1. The summed E-state index contributed by atoms with van der Waals surface area (Å²) in [4.78, 5) is 28.6. The first-order valence-electron chi connectivity index (χ1n) is 10.9. The van der Waals surface area contributed by atoms with Crippen molar-refractivity contribution in [2.24, 2.45) is 4.99 Å². The molecule has 9 heteroatoms. The SMILES string of the molecule is CCNC(=O)c1cccc(CNC(=NC)NCC(CC)(CC)NC(=O)OC(C)(C)C)c1.I. The van der Waals surface area contributed by atoms with Crippen LogP contribution in [0.3, 0.4) is 0 Å². The molecule has 0 fully saturated rings. The molecule has 182 valence electrons. The topological polar surface area (TPSA) is 104 Å². The molecule has 0 saturated carbocycles. The predicted octanol–water partition coefficient (Wildman–Crippen LogP) is 3.80. The second-order valence-corrected chi connectivity index (χ2v) is 8.45. The molecule has 0 spiro atoms. The van der Waals surface area contributed by atoms with Crippen LogP contribution in [0, 0.1) is 0 Å². The van der Waals surface area contributed by atoms with Crippen LogP contribution >= 0.6 is 24.0 Å². The van der Waals surface area contributed by atoms with E-state index < -0.39 is 17.2 Å². The number of carbonyl (C=O) groups excluding carboxylic acids is 2. The highest BCUT2D eigenvalue weighted by molar-refractivity contribution is 14.0. The molecule has 0 aliphatic rings. The molecule has 8 nitrogen and oxygen atoms in total. The lowest BCUT2D eigenvalue weighted by Gasteiger charge is -2.34. The fourth-order valence-corrected chi connectivity index (χ4v) is 2.99. The van der Waals surface area contributed by atoms with Gasteiger partial charge in [-0.1, -0.05) is 26.0 Å². The molecule has 0 unspecified atom stereocenters. The van der Waals surface area contributed by atoms with Gasteiger partial charge in [0.2, 0.25) is 0 Å². The van der Waals surface area contributed by atoms with Crippen LogP contribution in [0.1, 0.15) is 70.3 Å². The molecule has 2 amide bonds. The van der Waals surface area contributed by atoms with Gasteiger partial charge < -0.3 is 26.0 Å². The maximum absolute atomic E-state index is 12.3. The van der Waals surface area contributed by atoms with Crippen molar-refractivity contribution in [2.75, 3.05) is 20.1 Å². The van der Waals surface area contributed by atoms with Crippen molar-refractivity contribution in [2.45, 2.75) is 72.1 Å². The molecule has 0 aliphatic carbocycles. The molecule has 0 atom stereocenters. The van der Waals surface area contributed by atoms with Gasteiger partial charge in [-0.2, -0.15) is 0 Å². The lowest BCUT2D eigenvalue weighted by atomic mass is 9.93. The fraction of sp³-hybridized carbons (Fsp3) is 0.609. The molecular weight excluding hydrogens is 521 g/mol.